The average Bonchev–Trinajstić information content (AvgIpc) is 2.95. The number of nitrogens with zero attached hydrogens (tertiary/aromatic N) is 2. The average molecular weight is 590 g/mol. The molecule has 0 saturated heterocycles. The zero-order chi connectivity index (χ0) is 28.6. The summed E-state index contributed by atoms with van der Waals surface area (Å²) in [5.74, 6) is -0.619. The van der Waals surface area contributed by atoms with E-state index in [1.807, 2.05) is 6.26 Å². The molecule has 3 rings (SSSR count). The van der Waals surface area contributed by atoms with Gasteiger partial charge in [-0.3, -0.25) is 13.9 Å². The molecule has 1 N–H and O–H groups in total. The first-order valence-electron chi connectivity index (χ1n) is 12.3. The van der Waals surface area contributed by atoms with Gasteiger partial charge in [0.05, 0.1) is 17.2 Å². The topological polar surface area (TPSA) is 96.0 Å². The monoisotopic (exact) mass is 589 g/mol. The van der Waals surface area contributed by atoms with Crippen molar-refractivity contribution in [1.29, 1.82) is 0 Å². The van der Waals surface area contributed by atoms with Gasteiger partial charge in [-0.2, -0.15) is 0 Å². The zero-order valence-corrected chi connectivity index (χ0v) is 24.6. The number of benzene rings is 3. The lowest BCUT2D eigenvalue weighted by molar-refractivity contribution is -0.139. The maximum absolute atomic E-state index is 14.0. The second-order valence-electron chi connectivity index (χ2n) is 8.53. The smallest absolute Gasteiger partial charge is 0.264 e. The lowest BCUT2D eigenvalue weighted by atomic mass is 10.1. The van der Waals surface area contributed by atoms with Crippen LogP contribution in [-0.4, -0.2) is 57.6 Å². The van der Waals surface area contributed by atoms with E-state index >= 15 is 0 Å². The molecule has 8 nitrogen and oxygen atoms in total. The standard InChI is InChI=1S/C28H32ClN3O5S2/c1-5-37-26-9-7-6-8-25(26)32(39(35,36)24-16-14-23(38-4)15-17-24)19-27(33)31(20(2)28(34)30-3)18-21-10-12-22(29)13-11-21/h6-17,20H,5,18-19H2,1-4H3,(H,30,34). The number of carbonyl (C=O) groups is 2. The summed E-state index contributed by atoms with van der Waals surface area (Å²) in [5, 5.41) is 3.10. The summed E-state index contributed by atoms with van der Waals surface area (Å²) in [7, 11) is -2.72. The summed E-state index contributed by atoms with van der Waals surface area (Å²) in [6.45, 7) is 3.22. The fourth-order valence-electron chi connectivity index (χ4n) is 3.91. The van der Waals surface area contributed by atoms with Crippen LogP contribution >= 0.6 is 23.4 Å². The van der Waals surface area contributed by atoms with Gasteiger partial charge >= 0.3 is 0 Å². The third-order valence-electron chi connectivity index (χ3n) is 6.04. The van der Waals surface area contributed by atoms with Crippen molar-refractivity contribution >= 4 is 50.9 Å². The highest BCUT2D eigenvalue weighted by molar-refractivity contribution is 7.98. The summed E-state index contributed by atoms with van der Waals surface area (Å²) in [6.07, 6.45) is 1.90. The van der Waals surface area contributed by atoms with E-state index in [9.17, 15) is 18.0 Å². The van der Waals surface area contributed by atoms with E-state index in [1.54, 1.807) is 74.5 Å². The van der Waals surface area contributed by atoms with Crippen molar-refractivity contribution in [1.82, 2.24) is 10.2 Å². The Kier molecular flexibility index (Phi) is 10.7. The highest BCUT2D eigenvalue weighted by Crippen LogP contribution is 2.33. The Morgan fingerprint density at radius 3 is 2.26 bits per heavy atom. The first-order chi connectivity index (χ1) is 18.6. The van der Waals surface area contributed by atoms with Crippen LogP contribution in [0.2, 0.25) is 5.02 Å². The van der Waals surface area contributed by atoms with Crippen molar-refractivity contribution < 1.29 is 22.7 Å². The number of nitrogens with one attached hydrogen (secondary N) is 1. The Morgan fingerprint density at radius 1 is 1.03 bits per heavy atom. The number of ether oxygens (including phenoxy) is 1. The molecule has 0 aliphatic carbocycles. The molecule has 1 unspecified atom stereocenters. The van der Waals surface area contributed by atoms with Gasteiger partial charge in [0.2, 0.25) is 11.8 Å². The molecule has 0 saturated carbocycles. The normalized spacial score (nSPS) is 11.9. The van der Waals surface area contributed by atoms with Crippen molar-refractivity contribution in [3.63, 3.8) is 0 Å². The molecule has 0 radical (unpaired) electrons. The van der Waals surface area contributed by atoms with E-state index in [4.69, 9.17) is 16.3 Å². The van der Waals surface area contributed by atoms with Crippen molar-refractivity contribution in [3.8, 4) is 5.75 Å². The first-order valence-corrected chi connectivity index (χ1v) is 15.3. The zero-order valence-electron chi connectivity index (χ0n) is 22.3. The molecule has 0 heterocycles. The van der Waals surface area contributed by atoms with Crippen LogP contribution in [0, 0.1) is 0 Å². The Morgan fingerprint density at radius 2 is 1.67 bits per heavy atom. The Bertz CT molecular complexity index is 1380. The molecule has 0 aliphatic rings. The van der Waals surface area contributed by atoms with Gasteiger partial charge in [-0.1, -0.05) is 35.9 Å². The number of sulfonamides is 1. The third-order valence-corrected chi connectivity index (χ3v) is 8.81. The Hall–Kier alpha value is -3.21. The predicted molar refractivity (Wildman–Crippen MR) is 156 cm³/mol. The fraction of sp³-hybridized carbons (Fsp3) is 0.286. The van der Waals surface area contributed by atoms with Gasteiger partial charge in [0.1, 0.15) is 18.3 Å². The number of carbonyl (C=O) groups excluding carboxylic acids is 2. The summed E-state index contributed by atoms with van der Waals surface area (Å²) >= 11 is 7.51. The van der Waals surface area contributed by atoms with Crippen LogP contribution in [0.4, 0.5) is 5.69 Å². The number of thioether (sulfide) groups is 1. The Labute approximate surface area is 239 Å². The molecule has 3 aromatic rings. The number of likely N-dealkylation sites (N-methyl/N-ethyl adjacent to an activating group) is 1. The molecule has 0 spiro atoms. The van der Waals surface area contributed by atoms with Crippen LogP contribution in [0.1, 0.15) is 19.4 Å². The van der Waals surface area contributed by atoms with Crippen molar-refractivity contribution in [2.24, 2.45) is 0 Å². The first kappa shape index (κ1) is 30.3. The highest BCUT2D eigenvalue weighted by Gasteiger charge is 2.33. The molecule has 0 aliphatic heterocycles. The van der Waals surface area contributed by atoms with Crippen LogP contribution in [0.3, 0.4) is 0 Å². The number of para-hydroxylation sites is 2. The third kappa shape index (κ3) is 7.46. The maximum Gasteiger partial charge on any atom is 0.264 e. The summed E-state index contributed by atoms with van der Waals surface area (Å²) in [6, 6.07) is 19.1. The van der Waals surface area contributed by atoms with E-state index in [0.29, 0.717) is 17.4 Å². The van der Waals surface area contributed by atoms with E-state index in [1.165, 1.54) is 35.8 Å². The van der Waals surface area contributed by atoms with Gasteiger partial charge in [-0.15, -0.1) is 11.8 Å². The maximum atomic E-state index is 14.0. The van der Waals surface area contributed by atoms with E-state index < -0.39 is 28.5 Å². The lowest BCUT2D eigenvalue weighted by Gasteiger charge is -2.32. The van der Waals surface area contributed by atoms with Gasteiger partial charge in [-0.05, 0) is 74.2 Å². The number of hydrogen-bond acceptors (Lipinski definition) is 6. The number of hydrogen-bond donors (Lipinski definition) is 1. The Balaban J connectivity index is 2.08. The molecular formula is C28H32ClN3O5S2. The minimum absolute atomic E-state index is 0.0306. The van der Waals surface area contributed by atoms with Gasteiger partial charge in [0.25, 0.3) is 10.0 Å². The van der Waals surface area contributed by atoms with Crippen LogP contribution in [-0.2, 0) is 26.2 Å². The second kappa shape index (κ2) is 13.7. The molecule has 11 heteroatoms. The molecule has 1 atom stereocenters. The van der Waals surface area contributed by atoms with Crippen molar-refractivity contribution in [2.75, 3.05) is 30.8 Å². The molecule has 2 amide bonds. The quantitative estimate of drug-likeness (QED) is 0.304. The van der Waals surface area contributed by atoms with E-state index in [0.717, 1.165) is 14.8 Å². The fourth-order valence-corrected chi connectivity index (χ4v) is 5.87. The largest absolute Gasteiger partial charge is 0.492 e. The SMILES string of the molecule is CCOc1ccccc1N(CC(=O)N(Cc1ccc(Cl)cc1)C(C)C(=O)NC)S(=O)(=O)c1ccc(SC)cc1. The van der Waals surface area contributed by atoms with Crippen molar-refractivity contribution in [2.45, 2.75) is 36.2 Å². The number of amides is 2. The number of anilines is 1. The molecule has 3 aromatic carbocycles. The summed E-state index contributed by atoms with van der Waals surface area (Å²) in [5.41, 5.74) is 0.959. The number of halogens is 1. The van der Waals surface area contributed by atoms with Crippen LogP contribution in [0.15, 0.2) is 82.6 Å². The molecule has 39 heavy (non-hydrogen) atoms. The van der Waals surface area contributed by atoms with Gasteiger partial charge in [0.15, 0.2) is 0 Å². The van der Waals surface area contributed by atoms with Gasteiger partial charge < -0.3 is 15.0 Å². The van der Waals surface area contributed by atoms with Crippen LogP contribution in [0.25, 0.3) is 0 Å². The van der Waals surface area contributed by atoms with Gasteiger partial charge in [-0.25, -0.2) is 8.42 Å². The summed E-state index contributed by atoms with van der Waals surface area (Å²) < 4.78 is 34.8. The van der Waals surface area contributed by atoms with E-state index in [-0.39, 0.29) is 23.0 Å². The summed E-state index contributed by atoms with van der Waals surface area (Å²) in [4.78, 5) is 28.8. The second-order valence-corrected chi connectivity index (χ2v) is 11.7. The molecular weight excluding hydrogens is 558 g/mol. The predicted octanol–water partition coefficient (Wildman–Crippen LogP) is 4.82. The molecule has 0 fully saturated rings. The minimum Gasteiger partial charge on any atom is -0.492 e. The number of rotatable bonds is 12. The van der Waals surface area contributed by atoms with E-state index in [2.05, 4.69) is 5.32 Å². The van der Waals surface area contributed by atoms with Crippen LogP contribution < -0.4 is 14.4 Å². The molecule has 0 aromatic heterocycles. The van der Waals surface area contributed by atoms with Crippen molar-refractivity contribution in [3.05, 3.63) is 83.4 Å². The molecule has 0 bridgehead atoms. The van der Waals surface area contributed by atoms with Crippen LogP contribution in [0.5, 0.6) is 5.75 Å². The minimum atomic E-state index is -4.20. The lowest BCUT2D eigenvalue weighted by Crippen LogP contribution is -2.50. The molecule has 208 valence electrons. The van der Waals surface area contributed by atoms with Gasteiger partial charge in [0, 0.05) is 23.5 Å². The highest BCUT2D eigenvalue weighted by atomic mass is 35.5.